The third-order valence-corrected chi connectivity index (χ3v) is 2.96. The van der Waals surface area contributed by atoms with Crippen molar-refractivity contribution in [2.45, 2.75) is 33.6 Å². The van der Waals surface area contributed by atoms with E-state index in [4.69, 9.17) is 4.74 Å². The summed E-state index contributed by atoms with van der Waals surface area (Å²) in [6.45, 7) is 5.75. The number of hydrogen-bond acceptors (Lipinski definition) is 3. The highest BCUT2D eigenvalue weighted by molar-refractivity contribution is 5.79. The highest BCUT2D eigenvalue weighted by Crippen LogP contribution is 2.24. The molecule has 0 bridgehead atoms. The zero-order chi connectivity index (χ0) is 13.6. The minimum absolute atomic E-state index is 0.297. The monoisotopic (exact) mass is 245 g/mol. The molecule has 0 amide bonds. The molecule has 1 atom stereocenters. The quantitative estimate of drug-likeness (QED) is 0.749. The van der Waals surface area contributed by atoms with Gasteiger partial charge in [-0.1, -0.05) is 31.2 Å². The van der Waals surface area contributed by atoms with Crippen molar-refractivity contribution in [3.63, 3.8) is 0 Å². The van der Waals surface area contributed by atoms with Gasteiger partial charge in [-0.05, 0) is 31.4 Å². The lowest BCUT2D eigenvalue weighted by Gasteiger charge is -2.19. The number of benzene rings is 1. The van der Waals surface area contributed by atoms with Crippen LogP contribution in [0.2, 0.25) is 0 Å². The number of nitrogens with zero attached hydrogens (tertiary/aromatic N) is 1. The Labute approximate surface area is 108 Å². The summed E-state index contributed by atoms with van der Waals surface area (Å²) in [7, 11) is 0. The highest BCUT2D eigenvalue weighted by atomic mass is 16.5. The molecule has 3 heteroatoms. The van der Waals surface area contributed by atoms with Crippen molar-refractivity contribution in [3.8, 4) is 6.07 Å². The Hall–Kier alpha value is -1.82. The van der Waals surface area contributed by atoms with E-state index < -0.39 is 11.4 Å². The van der Waals surface area contributed by atoms with Crippen LogP contribution in [0.5, 0.6) is 0 Å². The number of esters is 1. The van der Waals surface area contributed by atoms with Gasteiger partial charge in [0, 0.05) is 6.42 Å². The number of rotatable bonds is 5. The molecule has 0 aromatic heterocycles. The van der Waals surface area contributed by atoms with E-state index >= 15 is 0 Å². The van der Waals surface area contributed by atoms with E-state index in [-0.39, 0.29) is 0 Å². The SMILES string of the molecule is CCOC(=O)C(C)(C#N)Cc1ccc(CC)cc1. The summed E-state index contributed by atoms with van der Waals surface area (Å²) in [5, 5.41) is 9.19. The summed E-state index contributed by atoms with van der Waals surface area (Å²) < 4.78 is 4.95. The summed E-state index contributed by atoms with van der Waals surface area (Å²) in [6.07, 6.45) is 1.36. The Morgan fingerprint density at radius 3 is 2.28 bits per heavy atom. The summed E-state index contributed by atoms with van der Waals surface area (Å²) >= 11 is 0. The van der Waals surface area contributed by atoms with Gasteiger partial charge in [0.2, 0.25) is 0 Å². The van der Waals surface area contributed by atoms with Crippen molar-refractivity contribution in [2.24, 2.45) is 5.41 Å². The number of ether oxygens (including phenoxy) is 1. The molecule has 0 aliphatic rings. The predicted octanol–water partition coefficient (Wildman–Crippen LogP) is 2.88. The van der Waals surface area contributed by atoms with Gasteiger partial charge in [-0.15, -0.1) is 0 Å². The van der Waals surface area contributed by atoms with Gasteiger partial charge in [-0.25, -0.2) is 0 Å². The second kappa shape index (κ2) is 6.20. The van der Waals surface area contributed by atoms with Crippen molar-refractivity contribution in [1.82, 2.24) is 0 Å². The van der Waals surface area contributed by atoms with Crippen molar-refractivity contribution < 1.29 is 9.53 Å². The summed E-state index contributed by atoms with van der Waals surface area (Å²) in [6, 6.07) is 10.0. The van der Waals surface area contributed by atoms with Crippen LogP contribution in [0.3, 0.4) is 0 Å². The van der Waals surface area contributed by atoms with Crippen LogP contribution in [-0.2, 0) is 22.4 Å². The Kier molecular flexibility index (Phi) is 4.91. The molecule has 1 rings (SSSR count). The van der Waals surface area contributed by atoms with E-state index in [1.807, 2.05) is 24.3 Å². The fourth-order valence-electron chi connectivity index (χ4n) is 1.75. The van der Waals surface area contributed by atoms with E-state index in [0.717, 1.165) is 12.0 Å². The van der Waals surface area contributed by atoms with Gasteiger partial charge in [-0.3, -0.25) is 4.79 Å². The first-order valence-electron chi connectivity index (χ1n) is 6.22. The third-order valence-electron chi connectivity index (χ3n) is 2.96. The predicted molar refractivity (Wildman–Crippen MR) is 69.9 cm³/mol. The zero-order valence-corrected chi connectivity index (χ0v) is 11.2. The molecule has 0 N–H and O–H groups in total. The fourth-order valence-corrected chi connectivity index (χ4v) is 1.75. The van der Waals surface area contributed by atoms with E-state index in [2.05, 4.69) is 13.0 Å². The molecule has 0 aliphatic carbocycles. The van der Waals surface area contributed by atoms with Crippen LogP contribution >= 0.6 is 0 Å². The number of carbonyl (C=O) groups is 1. The molecular weight excluding hydrogens is 226 g/mol. The second-order valence-corrected chi connectivity index (χ2v) is 4.51. The summed E-state index contributed by atoms with van der Waals surface area (Å²) in [5.74, 6) is -0.452. The maximum absolute atomic E-state index is 11.8. The molecule has 1 aromatic rings. The van der Waals surface area contributed by atoms with Gasteiger partial charge in [0.1, 0.15) is 0 Å². The van der Waals surface area contributed by atoms with Gasteiger partial charge in [-0.2, -0.15) is 5.26 Å². The molecule has 0 aliphatic heterocycles. The van der Waals surface area contributed by atoms with Gasteiger partial charge < -0.3 is 4.74 Å². The van der Waals surface area contributed by atoms with E-state index in [1.54, 1.807) is 13.8 Å². The Bertz CT molecular complexity index is 445. The standard InChI is InChI=1S/C15H19NO2/c1-4-12-6-8-13(9-7-12)10-15(3,11-16)14(17)18-5-2/h6-9H,4-5,10H2,1-3H3. The molecule has 0 saturated carbocycles. The Morgan fingerprint density at radius 2 is 1.83 bits per heavy atom. The van der Waals surface area contributed by atoms with Gasteiger partial charge in [0.15, 0.2) is 5.41 Å². The first-order chi connectivity index (χ1) is 8.55. The van der Waals surface area contributed by atoms with Gasteiger partial charge in [0.25, 0.3) is 0 Å². The number of carbonyl (C=O) groups excluding carboxylic acids is 1. The molecule has 0 spiro atoms. The van der Waals surface area contributed by atoms with Crippen LogP contribution in [0.1, 0.15) is 31.9 Å². The van der Waals surface area contributed by atoms with E-state index in [0.29, 0.717) is 13.0 Å². The Morgan fingerprint density at radius 1 is 1.28 bits per heavy atom. The Balaban J connectivity index is 2.85. The smallest absolute Gasteiger partial charge is 0.326 e. The molecule has 0 heterocycles. The van der Waals surface area contributed by atoms with Crippen molar-refractivity contribution in [3.05, 3.63) is 35.4 Å². The minimum atomic E-state index is -1.11. The van der Waals surface area contributed by atoms with Crippen LogP contribution < -0.4 is 0 Å². The van der Waals surface area contributed by atoms with Gasteiger partial charge >= 0.3 is 5.97 Å². The molecule has 96 valence electrons. The normalized spacial score (nSPS) is 13.4. The second-order valence-electron chi connectivity index (χ2n) is 4.51. The first-order valence-corrected chi connectivity index (χ1v) is 6.22. The summed E-state index contributed by atoms with van der Waals surface area (Å²) in [5.41, 5.74) is 1.11. The average molecular weight is 245 g/mol. The minimum Gasteiger partial charge on any atom is -0.465 e. The van der Waals surface area contributed by atoms with E-state index in [9.17, 15) is 10.1 Å². The van der Waals surface area contributed by atoms with Crippen LogP contribution in [0.25, 0.3) is 0 Å². The molecule has 3 nitrogen and oxygen atoms in total. The average Bonchev–Trinajstić information content (AvgIpc) is 2.39. The van der Waals surface area contributed by atoms with Crippen LogP contribution in [-0.4, -0.2) is 12.6 Å². The topological polar surface area (TPSA) is 50.1 Å². The fraction of sp³-hybridized carbons (Fsp3) is 0.467. The lowest BCUT2D eigenvalue weighted by atomic mass is 9.85. The van der Waals surface area contributed by atoms with Gasteiger partial charge in [0.05, 0.1) is 12.7 Å². The lowest BCUT2D eigenvalue weighted by molar-refractivity contribution is -0.151. The van der Waals surface area contributed by atoms with Crippen molar-refractivity contribution >= 4 is 5.97 Å². The van der Waals surface area contributed by atoms with Crippen molar-refractivity contribution in [2.75, 3.05) is 6.61 Å². The third kappa shape index (κ3) is 3.33. The molecule has 0 radical (unpaired) electrons. The van der Waals surface area contributed by atoms with Crippen LogP contribution in [0, 0.1) is 16.7 Å². The molecular formula is C15H19NO2. The number of hydrogen-bond donors (Lipinski definition) is 0. The maximum atomic E-state index is 11.8. The molecule has 1 aromatic carbocycles. The van der Waals surface area contributed by atoms with Crippen LogP contribution in [0.15, 0.2) is 24.3 Å². The number of aryl methyl sites for hydroxylation is 1. The molecule has 0 fully saturated rings. The summed E-state index contributed by atoms with van der Waals surface area (Å²) in [4.78, 5) is 11.8. The molecule has 1 unspecified atom stereocenters. The van der Waals surface area contributed by atoms with Crippen LogP contribution in [0.4, 0.5) is 0 Å². The zero-order valence-electron chi connectivity index (χ0n) is 11.2. The lowest BCUT2D eigenvalue weighted by Crippen LogP contribution is -2.30. The highest BCUT2D eigenvalue weighted by Gasteiger charge is 2.35. The van der Waals surface area contributed by atoms with Crippen molar-refractivity contribution in [1.29, 1.82) is 5.26 Å². The first kappa shape index (κ1) is 14.2. The maximum Gasteiger partial charge on any atom is 0.326 e. The van der Waals surface area contributed by atoms with E-state index in [1.165, 1.54) is 5.56 Å². The largest absolute Gasteiger partial charge is 0.465 e. The molecule has 0 saturated heterocycles. The molecule has 18 heavy (non-hydrogen) atoms. The number of nitriles is 1.